The van der Waals surface area contributed by atoms with E-state index in [0.717, 1.165) is 11.0 Å². The van der Waals surface area contributed by atoms with E-state index >= 15 is 0 Å². The van der Waals surface area contributed by atoms with Crippen molar-refractivity contribution in [3.63, 3.8) is 0 Å². The normalized spacial score (nSPS) is 13.3. The van der Waals surface area contributed by atoms with Crippen LogP contribution in [0.5, 0.6) is 0 Å². The van der Waals surface area contributed by atoms with Gasteiger partial charge in [0.1, 0.15) is 6.54 Å². The third kappa shape index (κ3) is 12.1. The first-order valence-corrected chi connectivity index (χ1v) is 5.93. The Balaban J connectivity index is 3.33. The maximum Gasteiger partial charge on any atom is 0.327 e. The molecule has 0 bridgehead atoms. The van der Waals surface area contributed by atoms with Crippen molar-refractivity contribution in [2.24, 2.45) is 0 Å². The van der Waals surface area contributed by atoms with Crippen LogP contribution in [0.2, 0.25) is 0 Å². The number of nitrogens with zero attached hydrogens (tertiary/aromatic N) is 1. The molecule has 80 valence electrons. The van der Waals surface area contributed by atoms with Crippen molar-refractivity contribution in [3.8, 4) is 0 Å². The molecule has 0 saturated carbocycles. The Morgan fingerprint density at radius 3 is 2.15 bits per heavy atom. The van der Waals surface area contributed by atoms with Crippen LogP contribution in [0, 0.1) is 0 Å². The molecule has 2 N–H and O–H groups in total. The molecule has 0 aliphatic rings. The molecule has 13 heavy (non-hydrogen) atoms. The van der Waals surface area contributed by atoms with Crippen LogP contribution in [-0.4, -0.2) is 61.3 Å². The van der Waals surface area contributed by atoms with E-state index in [4.69, 9.17) is 14.5 Å². The van der Waals surface area contributed by atoms with Crippen molar-refractivity contribution in [2.45, 2.75) is 0 Å². The van der Waals surface area contributed by atoms with Crippen LogP contribution < -0.4 is 0 Å². The Labute approximate surface area is 79.1 Å². The summed E-state index contributed by atoms with van der Waals surface area (Å²) in [6.45, 7) is 1.49. The Morgan fingerprint density at radius 2 is 1.77 bits per heavy atom. The van der Waals surface area contributed by atoms with E-state index in [1.165, 1.54) is 0 Å². The summed E-state index contributed by atoms with van der Waals surface area (Å²) in [5.74, 6) is 0. The van der Waals surface area contributed by atoms with E-state index in [0.29, 0.717) is 6.61 Å². The van der Waals surface area contributed by atoms with Crippen molar-refractivity contribution >= 4 is 7.60 Å². The van der Waals surface area contributed by atoms with E-state index in [1.54, 1.807) is 0 Å². The molecule has 0 atom stereocenters. The maximum absolute atomic E-state index is 10.4. The second kappa shape index (κ2) is 5.08. The van der Waals surface area contributed by atoms with E-state index in [9.17, 15) is 4.57 Å². The highest BCUT2D eigenvalue weighted by atomic mass is 31.2. The third-order valence-corrected chi connectivity index (χ3v) is 2.20. The Hall–Kier alpha value is 0.0700. The highest BCUT2D eigenvalue weighted by Gasteiger charge is 2.12. The smallest absolute Gasteiger partial charge is 0.327 e. The van der Waals surface area contributed by atoms with E-state index in [1.807, 2.05) is 21.1 Å². The first-order chi connectivity index (χ1) is 5.71. The van der Waals surface area contributed by atoms with Gasteiger partial charge in [-0.1, -0.05) is 0 Å². The number of rotatable bonds is 6. The van der Waals surface area contributed by atoms with Gasteiger partial charge >= 0.3 is 7.60 Å². The van der Waals surface area contributed by atoms with Gasteiger partial charge in [-0.3, -0.25) is 4.57 Å². The first kappa shape index (κ1) is 13.1. The topological polar surface area (TPSA) is 66.8 Å². The molecule has 0 aromatic heterocycles. The Morgan fingerprint density at radius 1 is 1.23 bits per heavy atom. The molecule has 0 saturated heterocycles. The molecule has 0 aromatic rings. The van der Waals surface area contributed by atoms with Gasteiger partial charge in [-0.25, -0.2) is 0 Å². The van der Waals surface area contributed by atoms with Gasteiger partial charge in [0.25, 0.3) is 0 Å². The number of hydrogen-bond acceptors (Lipinski definition) is 2. The van der Waals surface area contributed by atoms with Crippen molar-refractivity contribution in [1.82, 2.24) is 0 Å². The van der Waals surface area contributed by atoms with Gasteiger partial charge in [0, 0.05) is 0 Å². The van der Waals surface area contributed by atoms with E-state index in [-0.39, 0.29) is 12.8 Å². The predicted octanol–water partition coefficient (Wildman–Crippen LogP) is -0.113. The largest absolute Gasteiger partial charge is 0.375 e. The molecule has 0 aliphatic heterocycles. The second-order valence-corrected chi connectivity index (χ2v) is 5.79. The van der Waals surface area contributed by atoms with Crippen LogP contribution in [0.3, 0.4) is 0 Å². The molecule has 0 aliphatic carbocycles. The van der Waals surface area contributed by atoms with Crippen molar-refractivity contribution < 1.29 is 23.6 Å². The molecule has 0 rings (SSSR count). The monoisotopic (exact) mass is 212 g/mol. The van der Waals surface area contributed by atoms with Crippen LogP contribution >= 0.6 is 7.60 Å². The third-order valence-electron chi connectivity index (χ3n) is 1.43. The molecule has 0 radical (unpaired) electrons. The lowest BCUT2D eigenvalue weighted by Gasteiger charge is -2.23. The Bertz CT molecular complexity index is 183. The summed E-state index contributed by atoms with van der Waals surface area (Å²) < 4.78 is 16.3. The predicted molar refractivity (Wildman–Crippen MR) is 50.6 cm³/mol. The highest BCUT2D eigenvalue weighted by molar-refractivity contribution is 7.51. The van der Waals surface area contributed by atoms with Gasteiger partial charge < -0.3 is 19.0 Å². The van der Waals surface area contributed by atoms with E-state index in [2.05, 4.69) is 0 Å². The average molecular weight is 212 g/mol. The fraction of sp³-hybridized carbons (Fsp3) is 1.00. The summed E-state index contributed by atoms with van der Waals surface area (Å²) in [6, 6.07) is 0. The summed E-state index contributed by atoms with van der Waals surface area (Å²) in [5.41, 5.74) is 0. The molecule has 6 heteroatoms. The quantitative estimate of drug-likeness (QED) is 0.366. The fourth-order valence-corrected chi connectivity index (χ4v) is 0.991. The SMILES string of the molecule is C[N+](C)(C)CCOCCP(=O)(O)O. The minimum atomic E-state index is -3.88. The molecule has 0 spiro atoms. The van der Waals surface area contributed by atoms with Crippen molar-refractivity contribution in [1.29, 1.82) is 0 Å². The first-order valence-electron chi connectivity index (χ1n) is 4.13. The van der Waals surface area contributed by atoms with Gasteiger partial charge in [-0.2, -0.15) is 0 Å². The standard InChI is InChI=1S/C7H18NO4P/c1-8(2,3)4-5-12-6-7-13(9,10)11/h4-7H2,1-3H3,(H-,9,10,11)/p+1. The highest BCUT2D eigenvalue weighted by Crippen LogP contribution is 2.33. The lowest BCUT2D eigenvalue weighted by molar-refractivity contribution is -0.870. The van der Waals surface area contributed by atoms with Gasteiger partial charge in [0.05, 0.1) is 40.5 Å². The summed E-state index contributed by atoms with van der Waals surface area (Å²) in [6.07, 6.45) is -0.190. The van der Waals surface area contributed by atoms with Crippen LogP contribution in [0.1, 0.15) is 0 Å². The molecular formula is C7H19NO4P+. The van der Waals surface area contributed by atoms with E-state index < -0.39 is 7.60 Å². The van der Waals surface area contributed by atoms with Crippen LogP contribution in [0.4, 0.5) is 0 Å². The lowest BCUT2D eigenvalue weighted by Crippen LogP contribution is -2.37. The summed E-state index contributed by atoms with van der Waals surface area (Å²) in [7, 11) is 2.23. The number of ether oxygens (including phenoxy) is 1. The zero-order chi connectivity index (χ0) is 10.5. The number of hydrogen-bond donors (Lipinski definition) is 2. The number of likely N-dealkylation sites (N-methyl/N-ethyl adjacent to an activating group) is 1. The second-order valence-electron chi connectivity index (χ2n) is 4.01. The molecule has 0 heterocycles. The van der Waals surface area contributed by atoms with Gasteiger partial charge in [0.15, 0.2) is 0 Å². The molecule has 0 aromatic carbocycles. The van der Waals surface area contributed by atoms with Crippen LogP contribution in [-0.2, 0) is 9.30 Å². The van der Waals surface area contributed by atoms with Crippen LogP contribution in [0.15, 0.2) is 0 Å². The Kier molecular flexibility index (Phi) is 5.10. The van der Waals surface area contributed by atoms with Gasteiger partial charge in [0.2, 0.25) is 0 Å². The summed E-state index contributed by atoms with van der Waals surface area (Å²) >= 11 is 0. The lowest BCUT2D eigenvalue weighted by atomic mass is 10.5. The fourth-order valence-electron chi connectivity index (χ4n) is 0.624. The molecule has 0 amide bonds. The average Bonchev–Trinajstić information content (AvgIpc) is 1.81. The molecular weight excluding hydrogens is 193 g/mol. The number of quaternary nitrogens is 1. The van der Waals surface area contributed by atoms with Crippen LogP contribution in [0.25, 0.3) is 0 Å². The van der Waals surface area contributed by atoms with Gasteiger partial charge in [-0.05, 0) is 0 Å². The zero-order valence-corrected chi connectivity index (χ0v) is 9.33. The zero-order valence-electron chi connectivity index (χ0n) is 8.43. The summed E-state index contributed by atoms with van der Waals surface area (Å²) in [4.78, 5) is 17.0. The summed E-state index contributed by atoms with van der Waals surface area (Å²) in [5, 5.41) is 0. The van der Waals surface area contributed by atoms with Crippen molar-refractivity contribution in [3.05, 3.63) is 0 Å². The molecule has 5 nitrogen and oxygen atoms in total. The minimum Gasteiger partial charge on any atom is -0.375 e. The maximum atomic E-state index is 10.4. The molecule has 0 fully saturated rings. The van der Waals surface area contributed by atoms with Gasteiger partial charge in [-0.15, -0.1) is 0 Å². The van der Waals surface area contributed by atoms with Crippen molar-refractivity contribution in [2.75, 3.05) is 47.1 Å². The minimum absolute atomic E-state index is 0.129. The molecule has 0 unspecified atom stereocenters.